The number of nitrogens with zero attached hydrogens (tertiary/aromatic N) is 1. The third kappa shape index (κ3) is 3.21. The summed E-state index contributed by atoms with van der Waals surface area (Å²) >= 11 is 0. The zero-order valence-corrected chi connectivity index (χ0v) is 11.4. The van der Waals surface area contributed by atoms with Gasteiger partial charge in [0.2, 0.25) is 0 Å². The van der Waals surface area contributed by atoms with E-state index in [1.165, 1.54) is 16.7 Å². The molecular weight excluding hydrogens is 232 g/mol. The maximum atomic E-state index is 9.36. The number of benzene rings is 2. The SMILES string of the molecule is Cc1cccc(C(C#N)NCc2ccccc2)c1C. The summed E-state index contributed by atoms with van der Waals surface area (Å²) in [5.74, 6) is 0. The van der Waals surface area contributed by atoms with Crippen molar-refractivity contribution in [1.29, 1.82) is 5.26 Å². The fourth-order valence-corrected chi connectivity index (χ4v) is 2.13. The molecule has 2 heteroatoms. The van der Waals surface area contributed by atoms with E-state index in [4.69, 9.17) is 0 Å². The first-order chi connectivity index (χ1) is 9.22. The smallest absolute Gasteiger partial charge is 0.121 e. The molecular formula is C17H18N2. The predicted molar refractivity (Wildman–Crippen MR) is 77.6 cm³/mol. The van der Waals surface area contributed by atoms with Crippen LogP contribution < -0.4 is 5.32 Å². The van der Waals surface area contributed by atoms with Crippen molar-refractivity contribution in [2.75, 3.05) is 0 Å². The van der Waals surface area contributed by atoms with Crippen molar-refractivity contribution in [2.45, 2.75) is 26.4 Å². The molecule has 1 atom stereocenters. The lowest BCUT2D eigenvalue weighted by Gasteiger charge is -2.15. The van der Waals surface area contributed by atoms with Crippen LogP contribution in [-0.2, 0) is 6.54 Å². The summed E-state index contributed by atoms with van der Waals surface area (Å²) < 4.78 is 0. The van der Waals surface area contributed by atoms with Gasteiger partial charge in [-0.15, -0.1) is 0 Å². The average molecular weight is 250 g/mol. The molecule has 19 heavy (non-hydrogen) atoms. The summed E-state index contributed by atoms with van der Waals surface area (Å²) in [5, 5.41) is 12.7. The summed E-state index contributed by atoms with van der Waals surface area (Å²) in [7, 11) is 0. The van der Waals surface area contributed by atoms with Gasteiger partial charge in [-0.2, -0.15) is 5.26 Å². The van der Waals surface area contributed by atoms with Crippen LogP contribution in [0.1, 0.15) is 28.3 Å². The summed E-state index contributed by atoms with van der Waals surface area (Å²) in [6, 6.07) is 18.3. The Morgan fingerprint density at radius 1 is 1.05 bits per heavy atom. The van der Waals surface area contributed by atoms with Gasteiger partial charge >= 0.3 is 0 Å². The molecule has 0 heterocycles. The molecule has 0 aliphatic carbocycles. The van der Waals surface area contributed by atoms with Gasteiger partial charge in [0.05, 0.1) is 6.07 Å². The fraction of sp³-hybridized carbons (Fsp3) is 0.235. The van der Waals surface area contributed by atoms with Crippen LogP contribution in [0, 0.1) is 25.2 Å². The maximum Gasteiger partial charge on any atom is 0.121 e. The van der Waals surface area contributed by atoms with Crippen LogP contribution in [0.25, 0.3) is 0 Å². The van der Waals surface area contributed by atoms with Gasteiger partial charge in [-0.3, -0.25) is 5.32 Å². The van der Waals surface area contributed by atoms with Crippen molar-refractivity contribution in [3.8, 4) is 6.07 Å². The molecule has 2 nitrogen and oxygen atoms in total. The van der Waals surface area contributed by atoms with Crippen molar-refractivity contribution in [3.05, 3.63) is 70.8 Å². The molecule has 2 rings (SSSR count). The van der Waals surface area contributed by atoms with Crippen LogP contribution in [0.15, 0.2) is 48.5 Å². The Balaban J connectivity index is 2.13. The van der Waals surface area contributed by atoms with E-state index in [0.717, 1.165) is 5.56 Å². The van der Waals surface area contributed by atoms with Gasteiger partial charge in [-0.25, -0.2) is 0 Å². The van der Waals surface area contributed by atoms with Crippen LogP contribution in [-0.4, -0.2) is 0 Å². The molecule has 0 spiro atoms. The van der Waals surface area contributed by atoms with Crippen LogP contribution in [0.3, 0.4) is 0 Å². The summed E-state index contributed by atoms with van der Waals surface area (Å²) in [4.78, 5) is 0. The van der Waals surface area contributed by atoms with Crippen LogP contribution >= 0.6 is 0 Å². The fourth-order valence-electron chi connectivity index (χ4n) is 2.13. The van der Waals surface area contributed by atoms with E-state index in [1.54, 1.807) is 0 Å². The van der Waals surface area contributed by atoms with E-state index in [0.29, 0.717) is 6.54 Å². The Kier molecular flexibility index (Phi) is 4.33. The van der Waals surface area contributed by atoms with E-state index < -0.39 is 0 Å². The number of nitrogens with one attached hydrogen (secondary N) is 1. The molecule has 0 aliphatic heterocycles. The molecule has 0 aromatic heterocycles. The topological polar surface area (TPSA) is 35.8 Å². The van der Waals surface area contributed by atoms with E-state index in [-0.39, 0.29) is 6.04 Å². The zero-order valence-electron chi connectivity index (χ0n) is 11.4. The Labute approximate surface area is 114 Å². The molecule has 0 saturated carbocycles. The van der Waals surface area contributed by atoms with Crippen LogP contribution in [0.2, 0.25) is 0 Å². The minimum Gasteiger partial charge on any atom is -0.294 e. The molecule has 96 valence electrons. The number of hydrogen-bond acceptors (Lipinski definition) is 2. The quantitative estimate of drug-likeness (QED) is 0.899. The van der Waals surface area contributed by atoms with Gasteiger partial charge in [0.25, 0.3) is 0 Å². The van der Waals surface area contributed by atoms with Gasteiger partial charge in [-0.1, -0.05) is 48.5 Å². The second-order valence-electron chi connectivity index (χ2n) is 4.72. The van der Waals surface area contributed by atoms with Crippen molar-refractivity contribution in [1.82, 2.24) is 5.32 Å². The number of aryl methyl sites for hydroxylation is 1. The highest BCUT2D eigenvalue weighted by Crippen LogP contribution is 2.20. The average Bonchev–Trinajstić information content (AvgIpc) is 2.45. The highest BCUT2D eigenvalue weighted by Gasteiger charge is 2.13. The molecule has 1 unspecified atom stereocenters. The van der Waals surface area contributed by atoms with Crippen molar-refractivity contribution >= 4 is 0 Å². The molecule has 2 aromatic rings. The first-order valence-corrected chi connectivity index (χ1v) is 6.45. The Hall–Kier alpha value is -2.11. The van der Waals surface area contributed by atoms with E-state index in [2.05, 4.69) is 43.4 Å². The van der Waals surface area contributed by atoms with E-state index in [1.807, 2.05) is 30.3 Å². The number of hydrogen-bond donors (Lipinski definition) is 1. The molecule has 2 aromatic carbocycles. The Morgan fingerprint density at radius 2 is 1.79 bits per heavy atom. The second kappa shape index (κ2) is 6.17. The summed E-state index contributed by atoms with van der Waals surface area (Å²) in [6.07, 6.45) is 0. The highest BCUT2D eigenvalue weighted by molar-refractivity contribution is 5.37. The monoisotopic (exact) mass is 250 g/mol. The van der Waals surface area contributed by atoms with Gasteiger partial charge in [0.1, 0.15) is 6.04 Å². The summed E-state index contributed by atoms with van der Waals surface area (Å²) in [6.45, 7) is 4.84. The van der Waals surface area contributed by atoms with E-state index >= 15 is 0 Å². The molecule has 0 saturated heterocycles. The summed E-state index contributed by atoms with van der Waals surface area (Å²) in [5.41, 5.74) is 4.67. The van der Waals surface area contributed by atoms with Crippen molar-refractivity contribution in [3.63, 3.8) is 0 Å². The lowest BCUT2D eigenvalue weighted by molar-refractivity contribution is 0.627. The number of nitriles is 1. The first kappa shape index (κ1) is 13.3. The third-order valence-corrected chi connectivity index (χ3v) is 3.44. The largest absolute Gasteiger partial charge is 0.294 e. The van der Waals surface area contributed by atoms with Crippen molar-refractivity contribution in [2.24, 2.45) is 0 Å². The van der Waals surface area contributed by atoms with Gasteiger partial charge in [0.15, 0.2) is 0 Å². The molecule has 0 aliphatic rings. The molecule has 0 radical (unpaired) electrons. The highest BCUT2D eigenvalue weighted by atomic mass is 14.9. The molecule has 0 fully saturated rings. The van der Waals surface area contributed by atoms with Gasteiger partial charge in [0, 0.05) is 6.54 Å². The zero-order chi connectivity index (χ0) is 13.7. The third-order valence-electron chi connectivity index (χ3n) is 3.44. The maximum absolute atomic E-state index is 9.36. The molecule has 1 N–H and O–H groups in total. The van der Waals surface area contributed by atoms with E-state index in [9.17, 15) is 5.26 Å². The second-order valence-corrected chi connectivity index (χ2v) is 4.72. The van der Waals surface area contributed by atoms with Crippen LogP contribution in [0.4, 0.5) is 0 Å². The lowest BCUT2D eigenvalue weighted by atomic mass is 9.98. The molecule has 0 bridgehead atoms. The normalized spacial score (nSPS) is 11.8. The van der Waals surface area contributed by atoms with Gasteiger partial charge in [-0.05, 0) is 36.1 Å². The van der Waals surface area contributed by atoms with Crippen molar-refractivity contribution < 1.29 is 0 Å². The minimum atomic E-state index is -0.264. The van der Waals surface area contributed by atoms with Crippen LogP contribution in [0.5, 0.6) is 0 Å². The Morgan fingerprint density at radius 3 is 2.47 bits per heavy atom. The lowest BCUT2D eigenvalue weighted by Crippen LogP contribution is -2.20. The van der Waals surface area contributed by atoms with Gasteiger partial charge < -0.3 is 0 Å². The predicted octanol–water partition coefficient (Wildman–Crippen LogP) is 3.66. The first-order valence-electron chi connectivity index (χ1n) is 6.45. The number of rotatable bonds is 4. The standard InChI is InChI=1S/C17H18N2/c1-13-7-6-10-16(14(13)2)17(11-18)19-12-15-8-4-3-5-9-15/h3-10,17,19H,12H2,1-2H3. The molecule has 0 amide bonds. The minimum absolute atomic E-state index is 0.264. The Bertz CT molecular complexity index is 582.